The summed E-state index contributed by atoms with van der Waals surface area (Å²) >= 11 is 1.74. The number of nitrogens with one attached hydrogen (secondary N) is 1. The van der Waals surface area contributed by atoms with Crippen LogP contribution in [0.2, 0.25) is 0 Å². The number of aromatic nitrogens is 1. The normalized spacial score (nSPS) is 10.8. The van der Waals surface area contributed by atoms with Crippen LogP contribution in [0, 0.1) is 6.92 Å². The lowest BCUT2D eigenvalue weighted by atomic mass is 10.0. The van der Waals surface area contributed by atoms with Crippen LogP contribution in [0.25, 0.3) is 0 Å². The van der Waals surface area contributed by atoms with E-state index < -0.39 is 0 Å². The van der Waals surface area contributed by atoms with Gasteiger partial charge in [0.15, 0.2) is 0 Å². The summed E-state index contributed by atoms with van der Waals surface area (Å²) in [4.78, 5) is 5.53. The molecule has 1 heterocycles. The highest BCUT2D eigenvalue weighted by Crippen LogP contribution is 2.12. The Morgan fingerprint density at radius 3 is 2.67 bits per heavy atom. The summed E-state index contributed by atoms with van der Waals surface area (Å²) in [5, 5.41) is 4.58. The summed E-state index contributed by atoms with van der Waals surface area (Å²) in [6.45, 7) is 4.49. The highest BCUT2D eigenvalue weighted by molar-refractivity contribution is 7.11. The molecule has 4 heteroatoms. The van der Waals surface area contributed by atoms with Crippen LogP contribution in [0.15, 0.2) is 30.5 Å². The number of nitrogens with zero attached hydrogens (tertiary/aromatic N) is 1. The molecule has 1 aromatic heterocycles. The summed E-state index contributed by atoms with van der Waals surface area (Å²) < 4.78 is 0. The second-order valence-corrected chi connectivity index (χ2v) is 5.58. The average molecular weight is 261 g/mol. The molecule has 0 saturated heterocycles. The van der Waals surface area contributed by atoms with Crippen LogP contribution in [0.5, 0.6) is 0 Å². The number of benzene rings is 1. The van der Waals surface area contributed by atoms with E-state index in [-0.39, 0.29) is 0 Å². The second kappa shape index (κ2) is 6.64. The standard InChI is InChI=1S/C14H19N3S/c1-11-17-10-14(18-11)9-16-8-13-5-3-2-4-12(13)6-7-15/h2-5,10,16H,6-9,15H2,1H3. The molecule has 0 unspecified atom stereocenters. The van der Waals surface area contributed by atoms with E-state index in [9.17, 15) is 0 Å². The highest BCUT2D eigenvalue weighted by atomic mass is 32.1. The van der Waals surface area contributed by atoms with Gasteiger partial charge in [-0.1, -0.05) is 24.3 Å². The molecule has 2 rings (SSSR count). The molecule has 3 N–H and O–H groups in total. The quantitative estimate of drug-likeness (QED) is 0.838. The van der Waals surface area contributed by atoms with E-state index in [0.29, 0.717) is 6.54 Å². The zero-order valence-electron chi connectivity index (χ0n) is 10.6. The smallest absolute Gasteiger partial charge is 0.0897 e. The second-order valence-electron chi connectivity index (χ2n) is 4.26. The van der Waals surface area contributed by atoms with Gasteiger partial charge >= 0.3 is 0 Å². The number of rotatable bonds is 6. The van der Waals surface area contributed by atoms with Gasteiger partial charge in [-0.15, -0.1) is 11.3 Å². The third kappa shape index (κ3) is 3.63. The third-order valence-electron chi connectivity index (χ3n) is 2.82. The van der Waals surface area contributed by atoms with Gasteiger partial charge in [-0.2, -0.15) is 0 Å². The lowest BCUT2D eigenvalue weighted by Gasteiger charge is -2.09. The van der Waals surface area contributed by atoms with Crippen molar-refractivity contribution in [1.29, 1.82) is 0 Å². The van der Waals surface area contributed by atoms with Crippen molar-refractivity contribution in [2.24, 2.45) is 5.73 Å². The van der Waals surface area contributed by atoms with Crippen LogP contribution < -0.4 is 11.1 Å². The summed E-state index contributed by atoms with van der Waals surface area (Å²) in [6.07, 6.45) is 2.89. The molecule has 96 valence electrons. The summed E-state index contributed by atoms with van der Waals surface area (Å²) in [5.41, 5.74) is 8.30. The Bertz CT molecular complexity index is 493. The Morgan fingerprint density at radius 1 is 1.22 bits per heavy atom. The first kappa shape index (κ1) is 13.2. The minimum absolute atomic E-state index is 0.699. The third-order valence-corrected chi connectivity index (χ3v) is 3.73. The van der Waals surface area contributed by atoms with Crippen molar-refractivity contribution in [3.8, 4) is 0 Å². The molecule has 3 nitrogen and oxygen atoms in total. The van der Waals surface area contributed by atoms with Gasteiger partial charge in [-0.05, 0) is 31.0 Å². The van der Waals surface area contributed by atoms with E-state index in [1.54, 1.807) is 11.3 Å². The maximum absolute atomic E-state index is 5.62. The summed E-state index contributed by atoms with van der Waals surface area (Å²) in [6, 6.07) is 8.46. The zero-order chi connectivity index (χ0) is 12.8. The fourth-order valence-electron chi connectivity index (χ4n) is 1.94. The van der Waals surface area contributed by atoms with Gasteiger partial charge in [-0.3, -0.25) is 0 Å². The first-order chi connectivity index (χ1) is 8.79. The number of aryl methyl sites for hydroxylation is 1. The van der Waals surface area contributed by atoms with E-state index in [0.717, 1.165) is 24.5 Å². The number of hydrogen-bond acceptors (Lipinski definition) is 4. The molecular formula is C14H19N3S. The lowest BCUT2D eigenvalue weighted by molar-refractivity contribution is 0.693. The Balaban J connectivity index is 1.89. The van der Waals surface area contributed by atoms with Crippen LogP contribution in [-0.4, -0.2) is 11.5 Å². The van der Waals surface area contributed by atoms with Crippen molar-refractivity contribution in [3.05, 3.63) is 51.5 Å². The largest absolute Gasteiger partial charge is 0.330 e. The molecule has 0 radical (unpaired) electrons. The van der Waals surface area contributed by atoms with Gasteiger partial charge in [0, 0.05) is 24.2 Å². The monoisotopic (exact) mass is 261 g/mol. The van der Waals surface area contributed by atoms with Gasteiger partial charge in [0.2, 0.25) is 0 Å². The molecule has 0 aliphatic heterocycles. The lowest BCUT2D eigenvalue weighted by Crippen LogP contribution is -2.14. The summed E-state index contributed by atoms with van der Waals surface area (Å²) in [7, 11) is 0. The molecule has 0 saturated carbocycles. The maximum atomic E-state index is 5.62. The molecule has 2 aromatic rings. The van der Waals surface area contributed by atoms with E-state index in [1.807, 2.05) is 13.1 Å². The highest BCUT2D eigenvalue weighted by Gasteiger charge is 2.02. The predicted molar refractivity (Wildman–Crippen MR) is 76.6 cm³/mol. The average Bonchev–Trinajstić information content (AvgIpc) is 2.78. The topological polar surface area (TPSA) is 50.9 Å². The van der Waals surface area contributed by atoms with E-state index in [4.69, 9.17) is 5.73 Å². The predicted octanol–water partition coefficient (Wildman–Crippen LogP) is 2.24. The van der Waals surface area contributed by atoms with Gasteiger partial charge in [0.05, 0.1) is 5.01 Å². The Hall–Kier alpha value is -1.23. The van der Waals surface area contributed by atoms with Gasteiger partial charge in [0.1, 0.15) is 0 Å². The molecule has 0 aliphatic carbocycles. The fraction of sp³-hybridized carbons (Fsp3) is 0.357. The van der Waals surface area contributed by atoms with Crippen molar-refractivity contribution in [2.75, 3.05) is 6.54 Å². The molecule has 0 fully saturated rings. The molecule has 0 aliphatic rings. The minimum atomic E-state index is 0.699. The molecule has 18 heavy (non-hydrogen) atoms. The minimum Gasteiger partial charge on any atom is -0.330 e. The Kier molecular flexibility index (Phi) is 4.87. The van der Waals surface area contributed by atoms with Gasteiger partial charge < -0.3 is 11.1 Å². The molecular weight excluding hydrogens is 242 g/mol. The van der Waals surface area contributed by atoms with E-state index in [2.05, 4.69) is 34.6 Å². The van der Waals surface area contributed by atoms with Crippen LogP contribution >= 0.6 is 11.3 Å². The van der Waals surface area contributed by atoms with Crippen LogP contribution in [0.4, 0.5) is 0 Å². The van der Waals surface area contributed by atoms with Crippen molar-refractivity contribution in [3.63, 3.8) is 0 Å². The van der Waals surface area contributed by atoms with Crippen LogP contribution in [-0.2, 0) is 19.5 Å². The number of nitrogens with two attached hydrogens (primary N) is 1. The van der Waals surface area contributed by atoms with Crippen LogP contribution in [0.3, 0.4) is 0 Å². The van der Waals surface area contributed by atoms with Crippen molar-refractivity contribution >= 4 is 11.3 Å². The molecule has 1 aromatic carbocycles. The van der Waals surface area contributed by atoms with E-state index >= 15 is 0 Å². The Morgan fingerprint density at radius 2 is 2.00 bits per heavy atom. The van der Waals surface area contributed by atoms with Gasteiger partial charge in [0.25, 0.3) is 0 Å². The van der Waals surface area contributed by atoms with Crippen molar-refractivity contribution in [1.82, 2.24) is 10.3 Å². The SMILES string of the molecule is Cc1ncc(CNCc2ccccc2CCN)s1. The molecule has 0 bridgehead atoms. The first-order valence-corrected chi connectivity index (χ1v) is 7.00. The van der Waals surface area contributed by atoms with Crippen molar-refractivity contribution in [2.45, 2.75) is 26.4 Å². The number of thiazole rings is 1. The molecule has 0 atom stereocenters. The maximum Gasteiger partial charge on any atom is 0.0897 e. The fourth-order valence-corrected chi connectivity index (χ4v) is 2.70. The van der Waals surface area contributed by atoms with E-state index in [1.165, 1.54) is 16.0 Å². The van der Waals surface area contributed by atoms with Crippen molar-refractivity contribution < 1.29 is 0 Å². The Labute approximate surface area is 112 Å². The summed E-state index contributed by atoms with van der Waals surface area (Å²) in [5.74, 6) is 0. The molecule has 0 spiro atoms. The van der Waals surface area contributed by atoms with Gasteiger partial charge in [-0.25, -0.2) is 4.98 Å². The zero-order valence-corrected chi connectivity index (χ0v) is 11.5. The first-order valence-electron chi connectivity index (χ1n) is 6.18. The van der Waals surface area contributed by atoms with Crippen LogP contribution in [0.1, 0.15) is 21.0 Å². The number of hydrogen-bond donors (Lipinski definition) is 2. The molecule has 0 amide bonds.